The number of hydrogen-bond acceptors (Lipinski definition) is 5. The zero-order valence-corrected chi connectivity index (χ0v) is 9.52. The van der Waals surface area contributed by atoms with Crippen LogP contribution >= 0.6 is 15.6 Å². The molecular weight excluding hydrogens is 274 g/mol. The van der Waals surface area contributed by atoms with Crippen molar-refractivity contribution in [2.24, 2.45) is 0 Å². The quantitative estimate of drug-likeness (QED) is 0.227. The number of aliphatic hydroxyl groups is 3. The smallest absolute Gasteiger partial charge is 0.394 e. The van der Waals surface area contributed by atoms with Crippen LogP contribution in [-0.4, -0.2) is 64.0 Å². The molecule has 0 rings (SSSR count). The molecule has 102 valence electrons. The van der Waals surface area contributed by atoms with Gasteiger partial charge in [-0.25, -0.2) is 9.13 Å². The van der Waals surface area contributed by atoms with E-state index in [0.717, 1.165) is 0 Å². The Morgan fingerprint density at radius 1 is 0.750 bits per heavy atom. The minimum absolute atomic E-state index is 0.365. The number of hydrogen-bond donors (Lipinski definition) is 9. The second-order valence-corrected chi connectivity index (χ2v) is 4.10. The average Bonchev–Trinajstić information content (AvgIpc) is 1.96. The van der Waals surface area contributed by atoms with Gasteiger partial charge in [-0.05, 0) is 0 Å². The summed E-state index contributed by atoms with van der Waals surface area (Å²) < 4.78 is 17.8. The third kappa shape index (κ3) is 144. The van der Waals surface area contributed by atoms with E-state index in [4.69, 9.17) is 53.8 Å². The van der Waals surface area contributed by atoms with Crippen LogP contribution in [0.25, 0.3) is 0 Å². The van der Waals surface area contributed by atoms with Crippen molar-refractivity contribution < 1.29 is 53.8 Å². The average molecular weight is 288 g/mol. The lowest BCUT2D eigenvalue weighted by Gasteiger charge is -1.96. The molecule has 0 aliphatic heterocycles. The zero-order chi connectivity index (χ0) is 14.0. The van der Waals surface area contributed by atoms with Crippen molar-refractivity contribution in [2.75, 3.05) is 13.2 Å². The molecule has 0 aromatic carbocycles. The molecule has 0 aromatic rings. The summed E-state index contributed by atoms with van der Waals surface area (Å²) in [5.74, 6) is 0. The highest BCUT2D eigenvalue weighted by molar-refractivity contribution is 7.45. The molecule has 0 saturated carbocycles. The van der Waals surface area contributed by atoms with Crippen molar-refractivity contribution in [2.45, 2.75) is 6.10 Å². The van der Waals surface area contributed by atoms with Crippen molar-refractivity contribution in [3.63, 3.8) is 0 Å². The zero-order valence-electron chi connectivity index (χ0n) is 7.73. The SMILES string of the molecule is O=P(O)(O)O.O=P(O)(O)O.OCC(O)CO. The van der Waals surface area contributed by atoms with Gasteiger partial charge in [0.15, 0.2) is 0 Å². The molecule has 0 radical (unpaired) electrons. The van der Waals surface area contributed by atoms with Crippen LogP contribution in [0.5, 0.6) is 0 Å². The fourth-order valence-electron chi connectivity index (χ4n) is 0.0577. The first-order chi connectivity index (χ1) is 6.81. The largest absolute Gasteiger partial charge is 0.466 e. The Hall–Kier alpha value is 0.100. The Morgan fingerprint density at radius 2 is 0.875 bits per heavy atom. The van der Waals surface area contributed by atoms with Crippen LogP contribution in [0, 0.1) is 0 Å². The highest BCUT2D eigenvalue weighted by Gasteiger charge is 2.00. The predicted molar refractivity (Wildman–Crippen MR) is 48.7 cm³/mol. The van der Waals surface area contributed by atoms with Crippen LogP contribution in [0.3, 0.4) is 0 Å². The van der Waals surface area contributed by atoms with E-state index < -0.39 is 21.7 Å². The maximum Gasteiger partial charge on any atom is 0.466 e. The monoisotopic (exact) mass is 288 g/mol. The number of aliphatic hydroxyl groups excluding tert-OH is 3. The Morgan fingerprint density at radius 3 is 0.875 bits per heavy atom. The molecule has 0 heterocycles. The first kappa shape index (κ1) is 21.4. The van der Waals surface area contributed by atoms with Crippen molar-refractivity contribution in [3.8, 4) is 0 Å². The van der Waals surface area contributed by atoms with Crippen LogP contribution in [-0.2, 0) is 9.13 Å². The minimum atomic E-state index is -4.64. The minimum Gasteiger partial charge on any atom is -0.394 e. The molecule has 0 fully saturated rings. The molecule has 0 spiro atoms. The molecule has 0 aliphatic carbocycles. The topological polar surface area (TPSA) is 216 Å². The molecule has 0 saturated heterocycles. The summed E-state index contributed by atoms with van der Waals surface area (Å²) in [4.78, 5) is 43.1. The van der Waals surface area contributed by atoms with E-state index in [0.29, 0.717) is 0 Å². The van der Waals surface area contributed by atoms with Gasteiger partial charge in [0.05, 0.1) is 13.2 Å². The normalized spacial score (nSPS) is 11.1. The van der Waals surface area contributed by atoms with Crippen LogP contribution in [0.15, 0.2) is 0 Å². The fourth-order valence-corrected chi connectivity index (χ4v) is 0.0577. The highest BCUT2D eigenvalue weighted by atomic mass is 31.2. The van der Waals surface area contributed by atoms with Gasteiger partial charge in [0.25, 0.3) is 0 Å². The second kappa shape index (κ2) is 10.3. The van der Waals surface area contributed by atoms with E-state index in [2.05, 4.69) is 0 Å². The molecule has 0 unspecified atom stereocenters. The summed E-state index contributed by atoms with van der Waals surface area (Å²) in [6, 6.07) is 0. The van der Waals surface area contributed by atoms with Gasteiger partial charge in [-0.3, -0.25) is 0 Å². The molecule has 0 aliphatic rings. The van der Waals surface area contributed by atoms with E-state index >= 15 is 0 Å². The molecular formula is C3H14O11P2. The summed E-state index contributed by atoms with van der Waals surface area (Å²) >= 11 is 0. The number of phosphoric acid groups is 2. The third-order valence-corrected chi connectivity index (χ3v) is 0.421. The predicted octanol–water partition coefficient (Wildman–Crippen LogP) is -3.53. The lowest BCUT2D eigenvalue weighted by atomic mass is 10.4. The Bertz CT molecular complexity index is 187. The van der Waals surface area contributed by atoms with Crippen LogP contribution in [0.1, 0.15) is 0 Å². The van der Waals surface area contributed by atoms with Crippen LogP contribution in [0.4, 0.5) is 0 Å². The molecule has 0 bridgehead atoms. The lowest BCUT2D eigenvalue weighted by Crippen LogP contribution is -2.15. The molecule has 0 aromatic heterocycles. The Balaban J connectivity index is -0.000000160. The molecule has 9 N–H and O–H groups in total. The van der Waals surface area contributed by atoms with E-state index in [1.165, 1.54) is 0 Å². The van der Waals surface area contributed by atoms with E-state index in [9.17, 15) is 0 Å². The summed E-state index contributed by atoms with van der Waals surface area (Å²) in [6.07, 6.45) is -0.954. The van der Waals surface area contributed by atoms with Crippen LogP contribution < -0.4 is 0 Å². The van der Waals surface area contributed by atoms with E-state index in [1.54, 1.807) is 0 Å². The van der Waals surface area contributed by atoms with Gasteiger partial charge in [0, 0.05) is 0 Å². The van der Waals surface area contributed by atoms with Gasteiger partial charge < -0.3 is 44.7 Å². The number of rotatable bonds is 2. The van der Waals surface area contributed by atoms with Gasteiger partial charge >= 0.3 is 15.6 Å². The summed E-state index contributed by atoms with van der Waals surface area (Å²) in [5.41, 5.74) is 0. The van der Waals surface area contributed by atoms with Crippen molar-refractivity contribution >= 4 is 15.6 Å². The van der Waals surface area contributed by atoms with Crippen LogP contribution in [0.2, 0.25) is 0 Å². The molecule has 11 nitrogen and oxygen atoms in total. The summed E-state index contributed by atoms with van der Waals surface area (Å²) in [7, 11) is -9.28. The van der Waals surface area contributed by atoms with Gasteiger partial charge in [-0.1, -0.05) is 0 Å². The molecule has 0 amide bonds. The van der Waals surface area contributed by atoms with E-state index in [-0.39, 0.29) is 13.2 Å². The molecule has 16 heavy (non-hydrogen) atoms. The summed E-state index contributed by atoms with van der Waals surface area (Å²) in [5, 5.41) is 24.0. The first-order valence-electron chi connectivity index (χ1n) is 3.27. The van der Waals surface area contributed by atoms with E-state index in [1.807, 2.05) is 0 Å². The Labute approximate surface area is 89.7 Å². The van der Waals surface area contributed by atoms with Crippen molar-refractivity contribution in [1.29, 1.82) is 0 Å². The lowest BCUT2D eigenvalue weighted by molar-refractivity contribution is 0.0450. The maximum atomic E-state index is 8.88. The van der Waals surface area contributed by atoms with Crippen molar-refractivity contribution in [3.05, 3.63) is 0 Å². The Kier molecular flexibility index (Phi) is 13.7. The van der Waals surface area contributed by atoms with Gasteiger partial charge in [-0.2, -0.15) is 0 Å². The van der Waals surface area contributed by atoms with Gasteiger partial charge in [0.2, 0.25) is 0 Å². The maximum absolute atomic E-state index is 8.88. The third-order valence-electron chi connectivity index (χ3n) is 0.421. The second-order valence-electron chi connectivity index (χ2n) is 2.05. The highest BCUT2D eigenvalue weighted by Crippen LogP contribution is 2.26. The first-order valence-corrected chi connectivity index (χ1v) is 6.40. The molecule has 0 atom stereocenters. The fraction of sp³-hybridized carbons (Fsp3) is 1.00. The molecule has 13 heteroatoms. The van der Waals surface area contributed by atoms with Gasteiger partial charge in [0.1, 0.15) is 6.10 Å². The van der Waals surface area contributed by atoms with Crippen molar-refractivity contribution in [1.82, 2.24) is 0 Å². The van der Waals surface area contributed by atoms with Gasteiger partial charge in [-0.15, -0.1) is 0 Å². The summed E-state index contributed by atoms with van der Waals surface area (Å²) in [6.45, 7) is -0.729. The standard InChI is InChI=1S/C3H8O3.2H3O4P/c4-1-3(6)2-5;2*1-5(2,3)4/h3-6H,1-2H2;2*(H3,1,2,3,4).